The van der Waals surface area contributed by atoms with Crippen molar-refractivity contribution in [3.8, 4) is 0 Å². The van der Waals surface area contributed by atoms with Crippen LogP contribution in [-0.2, 0) is 11.2 Å². The Kier molecular flexibility index (Phi) is 6.48. The van der Waals surface area contributed by atoms with Crippen molar-refractivity contribution < 1.29 is 4.79 Å². The maximum Gasteiger partial charge on any atom is 0.255 e. The molecule has 144 valence electrons. The van der Waals surface area contributed by atoms with Crippen LogP contribution in [0.3, 0.4) is 0 Å². The van der Waals surface area contributed by atoms with Crippen molar-refractivity contribution >= 4 is 35.0 Å². The van der Waals surface area contributed by atoms with E-state index < -0.39 is 0 Å². The standard InChI is InChI=1S/C24H24ClNOS/c1-24(2,3)21-6-4-5-7-22(21)26-23(27)18-10-8-17(9-11-18)16-28-20-14-12-19(25)13-15-20/h4-15H,16H2,1-3H3,(H,26,27). The fraction of sp³-hybridized carbons (Fsp3) is 0.208. The number of amides is 1. The van der Waals surface area contributed by atoms with Gasteiger partial charge in [0.05, 0.1) is 0 Å². The number of thioether (sulfide) groups is 1. The molecule has 0 spiro atoms. The Morgan fingerprint density at radius 3 is 2.21 bits per heavy atom. The lowest BCUT2D eigenvalue weighted by atomic mass is 9.86. The molecule has 0 aliphatic carbocycles. The second-order valence-corrected chi connectivity index (χ2v) is 9.17. The number of para-hydroxylation sites is 1. The quantitative estimate of drug-likeness (QED) is 0.452. The summed E-state index contributed by atoms with van der Waals surface area (Å²) in [6.45, 7) is 6.43. The third kappa shape index (κ3) is 5.40. The highest BCUT2D eigenvalue weighted by atomic mass is 35.5. The van der Waals surface area contributed by atoms with Gasteiger partial charge in [-0.15, -0.1) is 11.8 Å². The summed E-state index contributed by atoms with van der Waals surface area (Å²) in [6, 6.07) is 23.6. The molecule has 1 amide bonds. The number of carbonyl (C=O) groups is 1. The zero-order chi connectivity index (χ0) is 20.1. The van der Waals surface area contributed by atoms with Gasteiger partial charge >= 0.3 is 0 Å². The summed E-state index contributed by atoms with van der Waals surface area (Å²) in [7, 11) is 0. The number of anilines is 1. The number of hydrogen-bond donors (Lipinski definition) is 1. The number of hydrogen-bond acceptors (Lipinski definition) is 2. The Morgan fingerprint density at radius 1 is 0.929 bits per heavy atom. The number of halogens is 1. The highest BCUT2D eigenvalue weighted by Gasteiger charge is 2.18. The molecular weight excluding hydrogens is 386 g/mol. The molecule has 0 fully saturated rings. The van der Waals surface area contributed by atoms with Gasteiger partial charge in [0.25, 0.3) is 5.91 Å². The van der Waals surface area contributed by atoms with Gasteiger partial charge in [0.15, 0.2) is 0 Å². The van der Waals surface area contributed by atoms with Crippen LogP contribution in [0.15, 0.2) is 77.7 Å². The van der Waals surface area contributed by atoms with E-state index in [1.54, 1.807) is 11.8 Å². The minimum Gasteiger partial charge on any atom is -0.322 e. The van der Waals surface area contributed by atoms with Gasteiger partial charge in [-0.2, -0.15) is 0 Å². The molecular formula is C24H24ClNOS. The highest BCUT2D eigenvalue weighted by Crippen LogP contribution is 2.29. The van der Waals surface area contributed by atoms with Crippen molar-refractivity contribution in [2.24, 2.45) is 0 Å². The first-order valence-electron chi connectivity index (χ1n) is 9.21. The van der Waals surface area contributed by atoms with Crippen LogP contribution in [0.4, 0.5) is 5.69 Å². The topological polar surface area (TPSA) is 29.1 Å². The number of rotatable bonds is 5. The molecule has 0 aliphatic rings. The molecule has 28 heavy (non-hydrogen) atoms. The average Bonchev–Trinajstić information content (AvgIpc) is 2.67. The van der Waals surface area contributed by atoms with Crippen LogP contribution < -0.4 is 5.32 Å². The van der Waals surface area contributed by atoms with Gasteiger partial charge in [-0.05, 0) is 59.0 Å². The summed E-state index contributed by atoms with van der Waals surface area (Å²) in [5.74, 6) is 0.754. The van der Waals surface area contributed by atoms with Gasteiger partial charge in [0.2, 0.25) is 0 Å². The SMILES string of the molecule is CC(C)(C)c1ccccc1NC(=O)c1ccc(CSc2ccc(Cl)cc2)cc1. The molecule has 0 aliphatic heterocycles. The summed E-state index contributed by atoms with van der Waals surface area (Å²) in [5, 5.41) is 3.80. The molecule has 3 aromatic carbocycles. The van der Waals surface area contributed by atoms with Crippen LogP contribution in [0.1, 0.15) is 42.3 Å². The minimum absolute atomic E-state index is 0.0351. The first kappa shape index (κ1) is 20.5. The Morgan fingerprint density at radius 2 is 1.57 bits per heavy atom. The van der Waals surface area contributed by atoms with Gasteiger partial charge in [-0.1, -0.05) is 62.7 Å². The lowest BCUT2D eigenvalue weighted by Crippen LogP contribution is -2.18. The molecule has 0 unspecified atom stereocenters. The maximum atomic E-state index is 12.7. The predicted molar refractivity (Wildman–Crippen MR) is 121 cm³/mol. The fourth-order valence-electron chi connectivity index (χ4n) is 2.89. The van der Waals surface area contributed by atoms with Crippen LogP contribution in [0, 0.1) is 0 Å². The molecule has 0 saturated carbocycles. The van der Waals surface area contributed by atoms with Gasteiger partial charge < -0.3 is 5.32 Å². The molecule has 0 saturated heterocycles. The van der Waals surface area contributed by atoms with Crippen LogP contribution in [-0.4, -0.2) is 5.91 Å². The molecule has 3 aromatic rings. The van der Waals surface area contributed by atoms with Crippen LogP contribution in [0.25, 0.3) is 0 Å². The third-order valence-electron chi connectivity index (χ3n) is 4.42. The first-order chi connectivity index (χ1) is 13.3. The van der Waals surface area contributed by atoms with Gasteiger partial charge in [-0.3, -0.25) is 4.79 Å². The van der Waals surface area contributed by atoms with Crippen molar-refractivity contribution in [1.82, 2.24) is 0 Å². The molecule has 0 bridgehead atoms. The maximum absolute atomic E-state index is 12.7. The van der Waals surface area contributed by atoms with E-state index in [0.29, 0.717) is 5.56 Å². The molecule has 3 rings (SSSR count). The van der Waals surface area contributed by atoms with E-state index >= 15 is 0 Å². The fourth-order valence-corrected chi connectivity index (χ4v) is 3.87. The Bertz CT molecular complexity index is 944. The van der Waals surface area contributed by atoms with E-state index in [1.807, 2.05) is 66.7 Å². The normalized spacial score (nSPS) is 11.3. The van der Waals surface area contributed by atoms with Gasteiger partial charge in [0.1, 0.15) is 0 Å². The number of carbonyl (C=O) groups excluding carboxylic acids is 1. The van der Waals surface area contributed by atoms with E-state index in [9.17, 15) is 4.79 Å². The molecule has 0 atom stereocenters. The van der Waals surface area contributed by atoms with E-state index in [4.69, 9.17) is 11.6 Å². The van der Waals surface area contributed by atoms with Gasteiger partial charge in [-0.25, -0.2) is 0 Å². The Balaban J connectivity index is 1.65. The smallest absolute Gasteiger partial charge is 0.255 e. The van der Waals surface area contributed by atoms with E-state index in [1.165, 1.54) is 10.5 Å². The second-order valence-electron chi connectivity index (χ2n) is 7.69. The minimum atomic E-state index is -0.0893. The van der Waals surface area contributed by atoms with E-state index in [0.717, 1.165) is 22.0 Å². The molecule has 0 aromatic heterocycles. The lowest BCUT2D eigenvalue weighted by Gasteiger charge is -2.23. The van der Waals surface area contributed by atoms with Crippen molar-refractivity contribution in [3.05, 3.63) is 94.5 Å². The molecule has 1 N–H and O–H groups in total. The molecule has 2 nitrogen and oxygen atoms in total. The molecule has 0 heterocycles. The van der Waals surface area contributed by atoms with Crippen molar-refractivity contribution in [1.29, 1.82) is 0 Å². The van der Waals surface area contributed by atoms with E-state index in [2.05, 4.69) is 32.2 Å². The van der Waals surface area contributed by atoms with Gasteiger partial charge in [0, 0.05) is 26.9 Å². The third-order valence-corrected chi connectivity index (χ3v) is 5.75. The zero-order valence-electron chi connectivity index (χ0n) is 16.3. The average molecular weight is 410 g/mol. The number of benzene rings is 3. The van der Waals surface area contributed by atoms with Crippen LogP contribution in [0.2, 0.25) is 5.02 Å². The highest BCUT2D eigenvalue weighted by molar-refractivity contribution is 7.98. The van der Waals surface area contributed by atoms with Crippen LogP contribution >= 0.6 is 23.4 Å². The first-order valence-corrected chi connectivity index (χ1v) is 10.6. The lowest BCUT2D eigenvalue weighted by molar-refractivity contribution is 0.102. The van der Waals surface area contributed by atoms with E-state index in [-0.39, 0.29) is 11.3 Å². The van der Waals surface area contributed by atoms with Crippen molar-refractivity contribution in [2.45, 2.75) is 36.8 Å². The molecule has 0 radical (unpaired) electrons. The monoisotopic (exact) mass is 409 g/mol. The largest absolute Gasteiger partial charge is 0.322 e. The van der Waals surface area contributed by atoms with Crippen molar-refractivity contribution in [3.63, 3.8) is 0 Å². The van der Waals surface area contributed by atoms with Crippen molar-refractivity contribution in [2.75, 3.05) is 5.32 Å². The summed E-state index contributed by atoms with van der Waals surface area (Å²) in [5.41, 5.74) is 3.78. The van der Waals surface area contributed by atoms with Crippen LogP contribution in [0.5, 0.6) is 0 Å². The number of nitrogens with one attached hydrogen (secondary N) is 1. The summed E-state index contributed by atoms with van der Waals surface area (Å²) >= 11 is 7.67. The Labute approximate surface area is 176 Å². The Hall–Kier alpha value is -2.23. The second kappa shape index (κ2) is 8.85. The molecule has 4 heteroatoms. The summed E-state index contributed by atoms with van der Waals surface area (Å²) in [4.78, 5) is 13.9. The summed E-state index contributed by atoms with van der Waals surface area (Å²) < 4.78 is 0. The predicted octanol–water partition coefficient (Wildman–Crippen LogP) is 7.18. The zero-order valence-corrected chi connectivity index (χ0v) is 17.9. The summed E-state index contributed by atoms with van der Waals surface area (Å²) in [6.07, 6.45) is 0.